The van der Waals surface area contributed by atoms with Gasteiger partial charge in [0.2, 0.25) is 0 Å². The zero-order chi connectivity index (χ0) is 15.2. The van der Waals surface area contributed by atoms with Crippen molar-refractivity contribution in [2.45, 2.75) is 13.0 Å². The number of aromatic carboxylic acids is 1. The predicted molar refractivity (Wildman–Crippen MR) is 86.7 cm³/mol. The lowest BCUT2D eigenvalue weighted by Crippen LogP contribution is -2.08. The first kappa shape index (κ1) is 15.7. The van der Waals surface area contributed by atoms with Gasteiger partial charge in [0.15, 0.2) is 0 Å². The van der Waals surface area contributed by atoms with Crippen LogP contribution in [0.1, 0.15) is 21.5 Å². The lowest BCUT2D eigenvalue weighted by molar-refractivity contribution is 0.0690. The Morgan fingerprint density at radius 3 is 2.52 bits per heavy atom. The Morgan fingerprint density at radius 2 is 1.86 bits per heavy atom. The fourth-order valence-electron chi connectivity index (χ4n) is 2.04. The van der Waals surface area contributed by atoms with E-state index in [4.69, 9.17) is 16.3 Å². The van der Waals surface area contributed by atoms with Crippen LogP contribution in [0.25, 0.3) is 0 Å². The van der Waals surface area contributed by atoms with Crippen molar-refractivity contribution >= 4 is 30.2 Å². The van der Waals surface area contributed by atoms with Crippen LogP contribution in [-0.2, 0) is 13.0 Å². The number of carboxylic acids is 1. The Morgan fingerprint density at radius 1 is 1.14 bits per heavy atom. The van der Waals surface area contributed by atoms with Crippen molar-refractivity contribution < 1.29 is 14.6 Å². The zero-order valence-electron chi connectivity index (χ0n) is 11.3. The molecule has 110 valence electrons. The molecule has 5 heteroatoms. The molecule has 3 nitrogen and oxygen atoms in total. The highest BCUT2D eigenvalue weighted by molar-refractivity contribution is 7.80. The third kappa shape index (κ3) is 3.93. The van der Waals surface area contributed by atoms with Gasteiger partial charge in [0.25, 0.3) is 0 Å². The molecule has 0 unspecified atom stereocenters. The number of halogens is 1. The molecule has 2 aromatic rings. The Kier molecular flexibility index (Phi) is 5.53. The van der Waals surface area contributed by atoms with Crippen LogP contribution in [-0.4, -0.2) is 16.8 Å². The van der Waals surface area contributed by atoms with Gasteiger partial charge in [-0.05, 0) is 29.9 Å². The molecule has 0 bridgehead atoms. The fraction of sp³-hybridized carbons (Fsp3) is 0.188. The van der Waals surface area contributed by atoms with Crippen molar-refractivity contribution in [3.05, 3.63) is 64.2 Å². The van der Waals surface area contributed by atoms with E-state index in [0.717, 1.165) is 5.56 Å². The van der Waals surface area contributed by atoms with Crippen molar-refractivity contribution in [3.8, 4) is 5.75 Å². The standard InChI is InChI=1S/C16H15ClO3S/c17-13-6-2-1-4-12(13)10-20-14-7-3-5-11(8-9-21)15(14)16(18)19/h1-7,21H,8-10H2,(H,18,19). The van der Waals surface area contributed by atoms with Crippen LogP contribution >= 0.6 is 24.2 Å². The lowest BCUT2D eigenvalue weighted by Gasteiger charge is -2.13. The molecule has 0 aromatic heterocycles. The molecular formula is C16H15ClO3S. The highest BCUT2D eigenvalue weighted by atomic mass is 35.5. The van der Waals surface area contributed by atoms with Gasteiger partial charge < -0.3 is 9.84 Å². The number of carboxylic acid groups (broad SMARTS) is 1. The van der Waals surface area contributed by atoms with Gasteiger partial charge >= 0.3 is 5.97 Å². The number of hydrogen-bond acceptors (Lipinski definition) is 3. The molecule has 0 atom stereocenters. The maximum Gasteiger partial charge on any atom is 0.339 e. The topological polar surface area (TPSA) is 46.5 Å². The van der Waals surface area contributed by atoms with Gasteiger partial charge in [-0.1, -0.05) is 41.9 Å². The molecule has 0 aliphatic rings. The largest absolute Gasteiger partial charge is 0.488 e. The van der Waals surface area contributed by atoms with Crippen LogP contribution < -0.4 is 4.74 Å². The third-order valence-electron chi connectivity index (χ3n) is 3.05. The van der Waals surface area contributed by atoms with E-state index in [2.05, 4.69) is 12.6 Å². The summed E-state index contributed by atoms with van der Waals surface area (Å²) in [6.45, 7) is 0.226. The summed E-state index contributed by atoms with van der Waals surface area (Å²) in [5, 5.41) is 9.99. The molecule has 0 saturated carbocycles. The second-order valence-corrected chi connectivity index (χ2v) is 5.30. The van der Waals surface area contributed by atoms with Crippen LogP contribution in [0.15, 0.2) is 42.5 Å². The molecule has 0 spiro atoms. The maximum atomic E-state index is 11.5. The minimum absolute atomic E-state index is 0.193. The molecule has 0 fully saturated rings. The van der Waals surface area contributed by atoms with Gasteiger partial charge in [0.1, 0.15) is 17.9 Å². The molecule has 0 aliphatic carbocycles. The van der Waals surface area contributed by atoms with Gasteiger partial charge in [-0.15, -0.1) is 0 Å². The molecule has 1 N–H and O–H groups in total. The van der Waals surface area contributed by atoms with Crippen molar-refractivity contribution in [2.75, 3.05) is 5.75 Å². The molecular weight excluding hydrogens is 308 g/mol. The van der Waals surface area contributed by atoms with E-state index in [9.17, 15) is 9.90 Å². The van der Waals surface area contributed by atoms with Crippen molar-refractivity contribution in [1.29, 1.82) is 0 Å². The van der Waals surface area contributed by atoms with Crippen LogP contribution in [0, 0.1) is 0 Å². The van der Waals surface area contributed by atoms with E-state index < -0.39 is 5.97 Å². The second kappa shape index (κ2) is 7.38. The van der Waals surface area contributed by atoms with Crippen LogP contribution in [0.2, 0.25) is 5.02 Å². The Bertz CT molecular complexity index is 643. The molecule has 0 amide bonds. The summed E-state index contributed by atoms with van der Waals surface area (Å²) in [5.74, 6) is -0.0721. The minimum Gasteiger partial charge on any atom is -0.488 e. The number of thiol groups is 1. The van der Waals surface area contributed by atoms with Gasteiger partial charge in [-0.3, -0.25) is 0 Å². The van der Waals surface area contributed by atoms with E-state index >= 15 is 0 Å². The number of carbonyl (C=O) groups is 1. The molecule has 0 saturated heterocycles. The lowest BCUT2D eigenvalue weighted by atomic mass is 10.0. The van der Waals surface area contributed by atoms with Gasteiger partial charge in [0, 0.05) is 10.6 Å². The highest BCUT2D eigenvalue weighted by Crippen LogP contribution is 2.25. The number of ether oxygens (including phenoxy) is 1. The predicted octanol–water partition coefficient (Wildman–Crippen LogP) is 4.09. The highest BCUT2D eigenvalue weighted by Gasteiger charge is 2.16. The zero-order valence-corrected chi connectivity index (χ0v) is 12.9. The monoisotopic (exact) mass is 322 g/mol. The third-order valence-corrected chi connectivity index (χ3v) is 3.64. The second-order valence-electron chi connectivity index (χ2n) is 4.45. The Labute approximate surface area is 133 Å². The van der Waals surface area contributed by atoms with E-state index in [0.29, 0.717) is 28.5 Å². The summed E-state index contributed by atoms with van der Waals surface area (Å²) in [6, 6.07) is 12.5. The quantitative estimate of drug-likeness (QED) is 0.787. The van der Waals surface area contributed by atoms with Crippen molar-refractivity contribution in [3.63, 3.8) is 0 Å². The average molecular weight is 323 g/mol. The minimum atomic E-state index is -0.999. The van der Waals surface area contributed by atoms with E-state index in [1.54, 1.807) is 24.3 Å². The molecule has 0 heterocycles. The fourth-order valence-corrected chi connectivity index (χ4v) is 2.47. The molecule has 21 heavy (non-hydrogen) atoms. The average Bonchev–Trinajstić information content (AvgIpc) is 2.46. The summed E-state index contributed by atoms with van der Waals surface area (Å²) in [6.07, 6.45) is 0.577. The summed E-state index contributed by atoms with van der Waals surface area (Å²) in [4.78, 5) is 11.5. The van der Waals surface area contributed by atoms with E-state index in [-0.39, 0.29) is 12.2 Å². The van der Waals surface area contributed by atoms with Crippen LogP contribution in [0.3, 0.4) is 0 Å². The smallest absolute Gasteiger partial charge is 0.339 e. The molecule has 2 aromatic carbocycles. The summed E-state index contributed by atoms with van der Waals surface area (Å²) >= 11 is 10.2. The molecule has 0 aliphatic heterocycles. The Balaban J connectivity index is 2.25. The molecule has 0 radical (unpaired) electrons. The van der Waals surface area contributed by atoms with Crippen LogP contribution in [0.4, 0.5) is 0 Å². The maximum absolute atomic E-state index is 11.5. The number of aryl methyl sites for hydroxylation is 1. The first-order chi connectivity index (χ1) is 10.1. The Hall–Kier alpha value is -1.65. The summed E-state index contributed by atoms with van der Waals surface area (Å²) in [7, 11) is 0. The van der Waals surface area contributed by atoms with Gasteiger partial charge in [0.05, 0.1) is 0 Å². The first-order valence-corrected chi connectivity index (χ1v) is 7.46. The summed E-state index contributed by atoms with van der Waals surface area (Å²) < 4.78 is 5.66. The van der Waals surface area contributed by atoms with Crippen molar-refractivity contribution in [2.24, 2.45) is 0 Å². The van der Waals surface area contributed by atoms with E-state index in [1.165, 1.54) is 0 Å². The van der Waals surface area contributed by atoms with Gasteiger partial charge in [-0.2, -0.15) is 12.6 Å². The molecule has 2 rings (SSSR count). The van der Waals surface area contributed by atoms with Crippen LogP contribution in [0.5, 0.6) is 5.75 Å². The van der Waals surface area contributed by atoms with Crippen molar-refractivity contribution in [1.82, 2.24) is 0 Å². The number of benzene rings is 2. The first-order valence-electron chi connectivity index (χ1n) is 6.45. The number of rotatable bonds is 6. The van der Waals surface area contributed by atoms with E-state index in [1.807, 2.05) is 18.2 Å². The normalized spacial score (nSPS) is 10.4. The SMILES string of the molecule is O=C(O)c1c(CCS)cccc1OCc1ccccc1Cl. The number of hydrogen-bond donors (Lipinski definition) is 2. The van der Waals surface area contributed by atoms with Gasteiger partial charge in [-0.25, -0.2) is 4.79 Å². The summed E-state index contributed by atoms with van der Waals surface area (Å²) in [5.41, 5.74) is 1.72.